The molecule has 0 bridgehead atoms. The van der Waals surface area contributed by atoms with Gasteiger partial charge in [-0.3, -0.25) is 0 Å². The highest BCUT2D eigenvalue weighted by atomic mass is 15.1. The predicted molar refractivity (Wildman–Crippen MR) is 55.9 cm³/mol. The van der Waals surface area contributed by atoms with E-state index in [-0.39, 0.29) is 0 Å². The second kappa shape index (κ2) is 4.16. The molecule has 0 aliphatic heterocycles. The van der Waals surface area contributed by atoms with Crippen molar-refractivity contribution in [1.82, 2.24) is 0 Å². The molecule has 1 aliphatic rings. The molecule has 3 nitrogen and oxygen atoms in total. The van der Waals surface area contributed by atoms with E-state index in [0.717, 1.165) is 6.42 Å². The van der Waals surface area contributed by atoms with E-state index in [1.807, 2.05) is 0 Å². The molecule has 0 atom stereocenters. The molecule has 0 saturated carbocycles. The number of fused-ring (bicyclic) bond motifs is 1. The molecule has 0 unspecified atom stereocenters. The molecule has 0 amide bonds. The van der Waals surface area contributed by atoms with Crippen LogP contribution in [-0.2, 0) is 19.4 Å². The minimum absolute atomic E-state index is 0.500. The van der Waals surface area contributed by atoms with Crippen molar-refractivity contribution >= 4 is 0 Å². The third-order valence-electron chi connectivity index (χ3n) is 2.80. The van der Waals surface area contributed by atoms with Gasteiger partial charge in [0.15, 0.2) is 0 Å². The first-order valence-corrected chi connectivity index (χ1v) is 5.02. The topological polar surface area (TPSA) is 48.8 Å². The van der Waals surface area contributed by atoms with Crippen molar-refractivity contribution < 1.29 is 0 Å². The fraction of sp³-hybridized carbons (Fsp3) is 0.455. The first kappa shape index (κ1) is 9.10. The van der Waals surface area contributed by atoms with Crippen molar-refractivity contribution in [3.8, 4) is 0 Å². The number of hydrogen-bond acceptors (Lipinski definition) is 1. The van der Waals surface area contributed by atoms with Crippen molar-refractivity contribution in [2.45, 2.75) is 32.2 Å². The molecule has 0 radical (unpaired) electrons. The van der Waals surface area contributed by atoms with Gasteiger partial charge in [0, 0.05) is 4.91 Å². The third-order valence-corrected chi connectivity index (χ3v) is 2.80. The Labute approximate surface area is 83.4 Å². The first-order chi connectivity index (χ1) is 6.92. The van der Waals surface area contributed by atoms with Crippen LogP contribution in [0.5, 0.6) is 0 Å². The summed E-state index contributed by atoms with van der Waals surface area (Å²) in [6.45, 7) is 0.500. The molecule has 0 saturated heterocycles. The minimum Gasteiger partial charge on any atom is -0.0893 e. The van der Waals surface area contributed by atoms with Crippen molar-refractivity contribution in [1.29, 1.82) is 0 Å². The van der Waals surface area contributed by atoms with Crippen LogP contribution in [0.25, 0.3) is 10.4 Å². The Balaban J connectivity index is 2.34. The summed E-state index contributed by atoms with van der Waals surface area (Å²) < 4.78 is 0. The van der Waals surface area contributed by atoms with Gasteiger partial charge in [-0.05, 0) is 47.9 Å². The maximum absolute atomic E-state index is 8.29. The molecule has 72 valence electrons. The number of hydrogen-bond donors (Lipinski definition) is 0. The molecule has 1 aliphatic carbocycles. The second-order valence-corrected chi connectivity index (χ2v) is 3.65. The highest BCUT2D eigenvalue weighted by molar-refractivity contribution is 5.36. The molecule has 0 N–H and O–H groups in total. The Hall–Kier alpha value is -1.47. The predicted octanol–water partition coefficient (Wildman–Crippen LogP) is 3.38. The van der Waals surface area contributed by atoms with E-state index < -0.39 is 0 Å². The van der Waals surface area contributed by atoms with Crippen LogP contribution in [0.15, 0.2) is 23.3 Å². The summed E-state index contributed by atoms with van der Waals surface area (Å²) in [6, 6.07) is 6.32. The van der Waals surface area contributed by atoms with Gasteiger partial charge in [0.25, 0.3) is 0 Å². The normalized spacial score (nSPS) is 14.3. The molecule has 0 fully saturated rings. The summed E-state index contributed by atoms with van der Waals surface area (Å²) in [5, 5.41) is 3.63. The van der Waals surface area contributed by atoms with Gasteiger partial charge in [-0.25, -0.2) is 0 Å². The van der Waals surface area contributed by atoms with Gasteiger partial charge < -0.3 is 0 Å². The quantitative estimate of drug-likeness (QED) is 0.387. The van der Waals surface area contributed by atoms with Crippen molar-refractivity contribution in [2.75, 3.05) is 0 Å². The number of aryl methyl sites for hydroxylation is 1. The lowest BCUT2D eigenvalue weighted by Gasteiger charge is -2.18. The lowest BCUT2D eigenvalue weighted by atomic mass is 9.88. The SMILES string of the molecule is [N-]=[N+]=NCc1cccc2c1CCCC2. The highest BCUT2D eigenvalue weighted by Gasteiger charge is 2.11. The van der Waals surface area contributed by atoms with E-state index in [9.17, 15) is 0 Å². The van der Waals surface area contributed by atoms with Crippen molar-refractivity contribution in [3.63, 3.8) is 0 Å². The fourth-order valence-electron chi connectivity index (χ4n) is 2.12. The van der Waals surface area contributed by atoms with Gasteiger partial charge >= 0.3 is 0 Å². The largest absolute Gasteiger partial charge is 0.0893 e. The van der Waals surface area contributed by atoms with Crippen molar-refractivity contribution in [2.24, 2.45) is 5.11 Å². The van der Waals surface area contributed by atoms with Crippen LogP contribution in [0, 0.1) is 0 Å². The lowest BCUT2D eigenvalue weighted by molar-refractivity contribution is 0.678. The molecular weight excluding hydrogens is 174 g/mol. The Morgan fingerprint density at radius 1 is 1.29 bits per heavy atom. The summed E-state index contributed by atoms with van der Waals surface area (Å²) in [5.74, 6) is 0. The minimum atomic E-state index is 0.500. The average molecular weight is 187 g/mol. The maximum atomic E-state index is 8.29. The molecule has 0 heterocycles. The van der Waals surface area contributed by atoms with Gasteiger partial charge in [-0.15, -0.1) is 0 Å². The molecular formula is C11H13N3. The van der Waals surface area contributed by atoms with E-state index in [0.29, 0.717) is 6.54 Å². The summed E-state index contributed by atoms with van der Waals surface area (Å²) in [4.78, 5) is 2.80. The van der Waals surface area contributed by atoms with E-state index in [2.05, 4.69) is 28.2 Å². The van der Waals surface area contributed by atoms with Crippen LogP contribution in [0.1, 0.15) is 29.5 Å². The van der Waals surface area contributed by atoms with Crippen LogP contribution in [0.4, 0.5) is 0 Å². The molecule has 1 aromatic rings. The van der Waals surface area contributed by atoms with E-state index >= 15 is 0 Å². The smallest absolute Gasteiger partial charge is 0.0513 e. The summed E-state index contributed by atoms with van der Waals surface area (Å²) in [6.07, 6.45) is 4.88. The summed E-state index contributed by atoms with van der Waals surface area (Å²) in [5.41, 5.74) is 12.4. The summed E-state index contributed by atoms with van der Waals surface area (Å²) in [7, 11) is 0. The van der Waals surface area contributed by atoms with Gasteiger partial charge in [-0.2, -0.15) is 0 Å². The Morgan fingerprint density at radius 3 is 3.00 bits per heavy atom. The summed E-state index contributed by atoms with van der Waals surface area (Å²) >= 11 is 0. The maximum Gasteiger partial charge on any atom is 0.0513 e. The number of benzene rings is 1. The molecule has 0 aromatic heterocycles. The second-order valence-electron chi connectivity index (χ2n) is 3.65. The Kier molecular flexibility index (Phi) is 2.70. The highest BCUT2D eigenvalue weighted by Crippen LogP contribution is 2.24. The van der Waals surface area contributed by atoms with E-state index in [1.165, 1.54) is 36.0 Å². The fourth-order valence-corrected chi connectivity index (χ4v) is 2.12. The monoisotopic (exact) mass is 187 g/mol. The zero-order valence-corrected chi connectivity index (χ0v) is 8.11. The van der Waals surface area contributed by atoms with Crippen LogP contribution in [0.2, 0.25) is 0 Å². The van der Waals surface area contributed by atoms with Crippen LogP contribution < -0.4 is 0 Å². The molecule has 14 heavy (non-hydrogen) atoms. The Morgan fingerprint density at radius 2 is 2.14 bits per heavy atom. The molecule has 2 rings (SSSR count). The zero-order valence-electron chi connectivity index (χ0n) is 8.11. The number of nitrogens with zero attached hydrogens (tertiary/aromatic N) is 3. The van der Waals surface area contributed by atoms with Crippen LogP contribution in [0.3, 0.4) is 0 Å². The molecule has 3 heteroatoms. The van der Waals surface area contributed by atoms with Crippen LogP contribution >= 0.6 is 0 Å². The molecule has 1 aromatic carbocycles. The van der Waals surface area contributed by atoms with E-state index in [1.54, 1.807) is 0 Å². The van der Waals surface area contributed by atoms with Crippen LogP contribution in [-0.4, -0.2) is 0 Å². The number of azide groups is 1. The average Bonchev–Trinajstić information content (AvgIpc) is 2.26. The standard InChI is InChI=1S/C11H13N3/c12-14-13-8-10-6-3-5-9-4-1-2-7-11(9)10/h3,5-6H,1-2,4,7-8H2. The number of rotatable bonds is 2. The van der Waals surface area contributed by atoms with Gasteiger partial charge in [0.1, 0.15) is 0 Å². The Bertz CT molecular complexity index is 378. The van der Waals surface area contributed by atoms with Gasteiger partial charge in [0.2, 0.25) is 0 Å². The van der Waals surface area contributed by atoms with Crippen molar-refractivity contribution in [3.05, 3.63) is 45.3 Å². The molecule has 0 spiro atoms. The van der Waals surface area contributed by atoms with Gasteiger partial charge in [-0.1, -0.05) is 23.3 Å². The third kappa shape index (κ3) is 1.73. The zero-order chi connectivity index (χ0) is 9.80. The van der Waals surface area contributed by atoms with Gasteiger partial charge in [0.05, 0.1) is 6.54 Å². The lowest BCUT2D eigenvalue weighted by Crippen LogP contribution is -2.05. The first-order valence-electron chi connectivity index (χ1n) is 5.02. The van der Waals surface area contributed by atoms with E-state index in [4.69, 9.17) is 5.53 Å².